The maximum absolute atomic E-state index is 11.0. The zero-order valence-corrected chi connectivity index (χ0v) is 8.05. The average Bonchev–Trinajstić information content (AvgIpc) is 2.74. The van der Waals surface area contributed by atoms with Crippen molar-refractivity contribution in [3.8, 4) is 0 Å². The molecule has 2 atom stereocenters. The normalized spacial score (nSPS) is 36.1. The molecule has 0 aromatic rings. The van der Waals surface area contributed by atoms with E-state index in [-0.39, 0.29) is 11.3 Å². The number of rotatable bonds is 2. The van der Waals surface area contributed by atoms with Crippen LogP contribution in [0, 0.1) is 17.3 Å². The van der Waals surface area contributed by atoms with Gasteiger partial charge >= 0.3 is 5.97 Å². The van der Waals surface area contributed by atoms with Crippen LogP contribution in [0.25, 0.3) is 0 Å². The minimum absolute atomic E-state index is 0.0420. The van der Waals surface area contributed by atoms with Gasteiger partial charge in [-0.2, -0.15) is 0 Å². The molecule has 74 valence electrons. The topological polar surface area (TPSA) is 49.3 Å². The van der Waals surface area contributed by atoms with Gasteiger partial charge in [0.25, 0.3) is 0 Å². The van der Waals surface area contributed by atoms with E-state index in [1.165, 1.54) is 0 Å². The van der Waals surface area contributed by atoms with Crippen LogP contribution in [0.5, 0.6) is 0 Å². The van der Waals surface area contributed by atoms with Crippen LogP contribution in [0.3, 0.4) is 0 Å². The summed E-state index contributed by atoms with van der Waals surface area (Å²) in [6.07, 6.45) is 3.14. The monoisotopic (exact) mass is 183 g/mol. The lowest BCUT2D eigenvalue weighted by Crippen LogP contribution is -2.31. The predicted molar refractivity (Wildman–Crippen MR) is 49.4 cm³/mol. The van der Waals surface area contributed by atoms with Crippen LogP contribution in [0.4, 0.5) is 0 Å². The average molecular weight is 183 g/mol. The van der Waals surface area contributed by atoms with Crippen LogP contribution in [0.2, 0.25) is 0 Å². The van der Waals surface area contributed by atoms with Crippen molar-refractivity contribution in [1.82, 2.24) is 5.32 Å². The molecule has 3 nitrogen and oxygen atoms in total. The minimum Gasteiger partial charge on any atom is -0.481 e. The molecule has 0 aromatic heterocycles. The quantitative estimate of drug-likeness (QED) is 0.674. The summed E-state index contributed by atoms with van der Waals surface area (Å²) in [5.74, 6) is -0.166. The van der Waals surface area contributed by atoms with E-state index in [4.69, 9.17) is 5.11 Å². The van der Waals surface area contributed by atoms with Crippen molar-refractivity contribution in [2.75, 3.05) is 13.1 Å². The molecule has 2 N–H and O–H groups in total. The molecular formula is C10H17NO2. The van der Waals surface area contributed by atoms with Crippen LogP contribution in [-0.4, -0.2) is 24.2 Å². The van der Waals surface area contributed by atoms with Crippen LogP contribution < -0.4 is 5.32 Å². The first kappa shape index (κ1) is 9.00. The van der Waals surface area contributed by atoms with Crippen LogP contribution in [-0.2, 0) is 4.79 Å². The van der Waals surface area contributed by atoms with Crippen molar-refractivity contribution in [2.24, 2.45) is 17.3 Å². The Morgan fingerprint density at radius 1 is 1.54 bits per heavy atom. The van der Waals surface area contributed by atoms with Gasteiger partial charge in [0.15, 0.2) is 0 Å². The van der Waals surface area contributed by atoms with Gasteiger partial charge in [-0.3, -0.25) is 4.79 Å². The Morgan fingerprint density at radius 3 is 2.54 bits per heavy atom. The van der Waals surface area contributed by atoms with Crippen molar-refractivity contribution in [3.05, 3.63) is 0 Å². The number of aliphatic carboxylic acids is 1. The van der Waals surface area contributed by atoms with Crippen LogP contribution in [0.1, 0.15) is 26.2 Å². The molecule has 1 aliphatic heterocycles. The molecule has 2 unspecified atom stereocenters. The third kappa shape index (κ3) is 1.17. The Morgan fingerprint density at radius 2 is 2.15 bits per heavy atom. The zero-order chi connectivity index (χ0) is 9.47. The summed E-state index contributed by atoms with van der Waals surface area (Å²) in [6.45, 7) is 4.11. The molecule has 1 heterocycles. The molecular weight excluding hydrogens is 166 g/mol. The molecule has 2 aliphatic rings. The molecule has 0 bridgehead atoms. The maximum Gasteiger partial charge on any atom is 0.307 e. The Kier molecular flexibility index (Phi) is 2.06. The van der Waals surface area contributed by atoms with Gasteiger partial charge in [-0.15, -0.1) is 0 Å². The summed E-state index contributed by atoms with van der Waals surface area (Å²) < 4.78 is 0. The van der Waals surface area contributed by atoms with Gasteiger partial charge in [0.2, 0.25) is 0 Å². The maximum atomic E-state index is 11.0. The third-order valence-corrected chi connectivity index (χ3v) is 3.89. The van der Waals surface area contributed by atoms with E-state index in [0.717, 1.165) is 32.4 Å². The van der Waals surface area contributed by atoms with E-state index in [9.17, 15) is 4.79 Å². The van der Waals surface area contributed by atoms with Gasteiger partial charge in [0.05, 0.1) is 5.92 Å². The van der Waals surface area contributed by atoms with E-state index >= 15 is 0 Å². The molecule has 3 heteroatoms. The van der Waals surface area contributed by atoms with E-state index in [1.807, 2.05) is 0 Å². The fraction of sp³-hybridized carbons (Fsp3) is 0.900. The molecule has 0 amide bonds. The lowest BCUT2D eigenvalue weighted by molar-refractivity contribution is -0.139. The smallest absolute Gasteiger partial charge is 0.307 e. The fourth-order valence-electron chi connectivity index (χ4n) is 3.21. The third-order valence-electron chi connectivity index (χ3n) is 3.89. The number of carboxylic acids is 1. The van der Waals surface area contributed by atoms with Gasteiger partial charge in [0, 0.05) is 0 Å². The molecule has 2 rings (SSSR count). The number of carbonyl (C=O) groups is 1. The van der Waals surface area contributed by atoms with Crippen molar-refractivity contribution in [1.29, 1.82) is 0 Å². The number of piperidine rings is 1. The summed E-state index contributed by atoms with van der Waals surface area (Å²) in [5.41, 5.74) is 0.172. The van der Waals surface area contributed by atoms with Crippen molar-refractivity contribution in [3.63, 3.8) is 0 Å². The molecule has 13 heavy (non-hydrogen) atoms. The van der Waals surface area contributed by atoms with E-state index in [0.29, 0.717) is 5.92 Å². The molecule has 0 radical (unpaired) electrons. The predicted octanol–water partition coefficient (Wildman–Crippen LogP) is 1.10. The Labute approximate surface area is 78.5 Å². The summed E-state index contributed by atoms with van der Waals surface area (Å²) in [4.78, 5) is 11.0. The molecule has 1 saturated heterocycles. The van der Waals surface area contributed by atoms with E-state index in [2.05, 4.69) is 12.2 Å². The van der Waals surface area contributed by atoms with E-state index < -0.39 is 5.97 Å². The van der Waals surface area contributed by atoms with Crippen molar-refractivity contribution in [2.45, 2.75) is 26.2 Å². The van der Waals surface area contributed by atoms with Gasteiger partial charge in [-0.1, -0.05) is 13.3 Å². The highest BCUT2D eigenvalue weighted by Gasteiger charge is 2.66. The van der Waals surface area contributed by atoms with Gasteiger partial charge in [-0.05, 0) is 37.3 Å². The number of hydrogen-bond acceptors (Lipinski definition) is 2. The second kappa shape index (κ2) is 2.98. The van der Waals surface area contributed by atoms with Gasteiger partial charge in [0.1, 0.15) is 0 Å². The Hall–Kier alpha value is -0.570. The van der Waals surface area contributed by atoms with Crippen molar-refractivity contribution >= 4 is 5.97 Å². The highest BCUT2D eigenvalue weighted by molar-refractivity contribution is 5.75. The standard InChI is InChI=1S/C10H17NO2/c1-2-7-8(9(12)13)10(7)3-5-11-6-4-10/h7-8,11H,2-6H2,1H3,(H,12,13). The Bertz CT molecular complexity index is 221. The van der Waals surface area contributed by atoms with Crippen LogP contribution >= 0.6 is 0 Å². The SMILES string of the molecule is CCC1C(C(=O)O)C12CCNCC2. The molecule has 0 aromatic carbocycles. The van der Waals surface area contributed by atoms with Crippen molar-refractivity contribution < 1.29 is 9.90 Å². The lowest BCUT2D eigenvalue weighted by atomic mass is 9.90. The summed E-state index contributed by atoms with van der Waals surface area (Å²) in [7, 11) is 0. The van der Waals surface area contributed by atoms with Crippen LogP contribution in [0.15, 0.2) is 0 Å². The molecule has 1 saturated carbocycles. The van der Waals surface area contributed by atoms with Gasteiger partial charge in [-0.25, -0.2) is 0 Å². The molecule has 1 spiro atoms. The Balaban J connectivity index is 2.10. The molecule has 2 fully saturated rings. The fourth-order valence-corrected chi connectivity index (χ4v) is 3.21. The lowest BCUT2D eigenvalue weighted by Gasteiger charge is -2.23. The van der Waals surface area contributed by atoms with E-state index in [1.54, 1.807) is 0 Å². The van der Waals surface area contributed by atoms with Gasteiger partial charge < -0.3 is 10.4 Å². The summed E-state index contributed by atoms with van der Waals surface area (Å²) in [6, 6.07) is 0. The summed E-state index contributed by atoms with van der Waals surface area (Å²) >= 11 is 0. The number of nitrogens with one attached hydrogen (secondary N) is 1. The highest BCUT2D eigenvalue weighted by Crippen LogP contribution is 2.65. The first-order valence-corrected chi connectivity index (χ1v) is 5.16. The molecule has 1 aliphatic carbocycles. The number of carboxylic acid groups (broad SMARTS) is 1. The highest BCUT2D eigenvalue weighted by atomic mass is 16.4. The second-order valence-electron chi connectivity index (χ2n) is 4.31. The largest absolute Gasteiger partial charge is 0.481 e. The first-order valence-electron chi connectivity index (χ1n) is 5.16. The zero-order valence-electron chi connectivity index (χ0n) is 8.05. The first-order chi connectivity index (χ1) is 6.22. The minimum atomic E-state index is -0.575. The number of hydrogen-bond donors (Lipinski definition) is 2. The summed E-state index contributed by atoms with van der Waals surface area (Å²) in [5, 5.41) is 12.3. The second-order valence-corrected chi connectivity index (χ2v) is 4.31.